The van der Waals surface area contributed by atoms with E-state index in [9.17, 15) is 13.5 Å². The fourth-order valence-corrected chi connectivity index (χ4v) is 3.23. The predicted molar refractivity (Wildman–Crippen MR) is 51.3 cm³/mol. The molecule has 0 aromatic heterocycles. The Labute approximate surface area is 79.3 Å². The van der Waals surface area contributed by atoms with E-state index < -0.39 is 26.4 Å². The highest BCUT2D eigenvalue weighted by Gasteiger charge is 2.35. The molecule has 0 spiro atoms. The van der Waals surface area contributed by atoms with Crippen LogP contribution in [0.5, 0.6) is 0 Å². The molecule has 2 unspecified atom stereocenters. The van der Waals surface area contributed by atoms with Gasteiger partial charge in [-0.05, 0) is 26.8 Å². The standard InChI is InChI=1S/C8H17NO3S/c1-6(2)13(11,12)8-3-4-9-5-7(8)10/h6-10H,3-5H2,1-2H3. The Kier molecular flexibility index (Phi) is 3.32. The summed E-state index contributed by atoms with van der Waals surface area (Å²) in [6.07, 6.45) is -0.233. The fraction of sp³-hybridized carbons (Fsp3) is 1.00. The molecular weight excluding hydrogens is 190 g/mol. The van der Waals surface area contributed by atoms with Crippen LogP contribution in [0.1, 0.15) is 20.3 Å². The lowest BCUT2D eigenvalue weighted by atomic mass is 10.1. The van der Waals surface area contributed by atoms with E-state index in [1.807, 2.05) is 0 Å². The quantitative estimate of drug-likeness (QED) is 0.642. The molecule has 2 atom stereocenters. The van der Waals surface area contributed by atoms with Crippen LogP contribution in [0, 0.1) is 0 Å². The zero-order chi connectivity index (χ0) is 10.1. The van der Waals surface area contributed by atoms with Crippen LogP contribution in [-0.2, 0) is 9.84 Å². The third-order valence-electron chi connectivity index (χ3n) is 2.47. The fourth-order valence-electron chi connectivity index (χ4n) is 1.55. The van der Waals surface area contributed by atoms with E-state index in [4.69, 9.17) is 0 Å². The molecule has 78 valence electrons. The van der Waals surface area contributed by atoms with Crippen molar-refractivity contribution in [2.45, 2.75) is 36.9 Å². The van der Waals surface area contributed by atoms with Crippen LogP contribution in [0.25, 0.3) is 0 Å². The normalized spacial score (nSPS) is 30.8. The van der Waals surface area contributed by atoms with Gasteiger partial charge in [-0.15, -0.1) is 0 Å². The average molecular weight is 207 g/mol. The topological polar surface area (TPSA) is 66.4 Å². The number of hydrogen-bond acceptors (Lipinski definition) is 4. The van der Waals surface area contributed by atoms with Crippen molar-refractivity contribution < 1.29 is 13.5 Å². The van der Waals surface area contributed by atoms with Crippen molar-refractivity contribution in [2.24, 2.45) is 0 Å². The Morgan fingerprint density at radius 3 is 2.54 bits per heavy atom. The van der Waals surface area contributed by atoms with Crippen molar-refractivity contribution >= 4 is 9.84 Å². The Hall–Kier alpha value is -0.130. The Bertz CT molecular complexity index is 261. The average Bonchev–Trinajstić information content (AvgIpc) is 2.04. The molecule has 1 saturated heterocycles. The molecule has 0 amide bonds. The van der Waals surface area contributed by atoms with Gasteiger partial charge in [0.1, 0.15) is 0 Å². The van der Waals surface area contributed by atoms with Crippen molar-refractivity contribution in [3.63, 3.8) is 0 Å². The molecule has 4 nitrogen and oxygen atoms in total. The molecule has 2 N–H and O–H groups in total. The summed E-state index contributed by atoms with van der Waals surface area (Å²) >= 11 is 0. The first-order valence-corrected chi connectivity index (χ1v) is 6.18. The number of aliphatic hydroxyl groups excluding tert-OH is 1. The number of sulfone groups is 1. The molecule has 1 heterocycles. The number of piperidine rings is 1. The molecule has 1 aliphatic heterocycles. The van der Waals surface area contributed by atoms with E-state index in [0.717, 1.165) is 0 Å². The summed E-state index contributed by atoms with van der Waals surface area (Å²) in [5.41, 5.74) is 0. The monoisotopic (exact) mass is 207 g/mol. The predicted octanol–water partition coefficient (Wildman–Crippen LogP) is -0.468. The molecule has 0 aromatic rings. The second-order valence-electron chi connectivity index (χ2n) is 3.74. The first-order chi connectivity index (χ1) is 5.96. The summed E-state index contributed by atoms with van der Waals surface area (Å²) in [6.45, 7) is 4.37. The van der Waals surface area contributed by atoms with Gasteiger partial charge in [0.15, 0.2) is 9.84 Å². The van der Waals surface area contributed by atoms with Gasteiger partial charge >= 0.3 is 0 Å². The summed E-state index contributed by atoms with van der Waals surface area (Å²) < 4.78 is 23.4. The van der Waals surface area contributed by atoms with Crippen LogP contribution in [0.3, 0.4) is 0 Å². The SMILES string of the molecule is CC(C)S(=O)(=O)C1CCNCC1O. The van der Waals surface area contributed by atoms with Gasteiger partial charge in [0.2, 0.25) is 0 Å². The van der Waals surface area contributed by atoms with Crippen LogP contribution in [0.4, 0.5) is 0 Å². The lowest BCUT2D eigenvalue weighted by Gasteiger charge is -2.29. The second kappa shape index (κ2) is 3.94. The van der Waals surface area contributed by atoms with E-state index in [1.54, 1.807) is 13.8 Å². The van der Waals surface area contributed by atoms with Gasteiger partial charge in [-0.2, -0.15) is 0 Å². The highest BCUT2D eigenvalue weighted by Crippen LogP contribution is 2.18. The molecule has 0 bridgehead atoms. The third-order valence-corrected chi connectivity index (χ3v) is 5.18. The largest absolute Gasteiger partial charge is 0.390 e. The summed E-state index contributed by atoms with van der Waals surface area (Å²) in [5.74, 6) is 0. The number of hydrogen-bond donors (Lipinski definition) is 2. The molecule has 1 rings (SSSR count). The number of aliphatic hydroxyl groups is 1. The van der Waals surface area contributed by atoms with Crippen LogP contribution in [-0.4, -0.2) is 43.2 Å². The molecule has 0 radical (unpaired) electrons. The van der Waals surface area contributed by atoms with Gasteiger partial charge in [0.25, 0.3) is 0 Å². The summed E-state index contributed by atoms with van der Waals surface area (Å²) in [4.78, 5) is 0. The molecule has 0 aliphatic carbocycles. The summed E-state index contributed by atoms with van der Waals surface area (Å²) in [6, 6.07) is 0. The highest BCUT2D eigenvalue weighted by molar-refractivity contribution is 7.92. The first kappa shape index (κ1) is 10.9. The number of nitrogens with one attached hydrogen (secondary N) is 1. The van der Waals surface area contributed by atoms with Crippen LogP contribution in [0.15, 0.2) is 0 Å². The molecule has 5 heteroatoms. The van der Waals surface area contributed by atoms with Gasteiger partial charge in [0.05, 0.1) is 16.6 Å². The van der Waals surface area contributed by atoms with Crippen LogP contribution >= 0.6 is 0 Å². The minimum absolute atomic E-state index is 0.386. The molecule has 13 heavy (non-hydrogen) atoms. The minimum atomic E-state index is -3.14. The zero-order valence-electron chi connectivity index (χ0n) is 8.03. The van der Waals surface area contributed by atoms with E-state index in [0.29, 0.717) is 19.5 Å². The highest BCUT2D eigenvalue weighted by atomic mass is 32.2. The zero-order valence-corrected chi connectivity index (χ0v) is 8.84. The molecule has 1 fully saturated rings. The summed E-state index contributed by atoms with van der Waals surface area (Å²) in [7, 11) is -3.14. The molecular formula is C8H17NO3S. The molecule has 0 aromatic carbocycles. The van der Waals surface area contributed by atoms with Crippen LogP contribution < -0.4 is 5.32 Å². The molecule has 0 saturated carbocycles. The van der Waals surface area contributed by atoms with Crippen molar-refractivity contribution in [1.29, 1.82) is 0 Å². The van der Waals surface area contributed by atoms with Crippen molar-refractivity contribution in [2.75, 3.05) is 13.1 Å². The minimum Gasteiger partial charge on any atom is -0.390 e. The maximum absolute atomic E-state index is 11.7. The van der Waals surface area contributed by atoms with Gasteiger partial charge in [-0.1, -0.05) is 0 Å². The third kappa shape index (κ3) is 2.21. The van der Waals surface area contributed by atoms with E-state index in [-0.39, 0.29) is 0 Å². The Balaban J connectivity index is 2.80. The van der Waals surface area contributed by atoms with Crippen molar-refractivity contribution in [3.05, 3.63) is 0 Å². The maximum atomic E-state index is 11.7. The molecule has 1 aliphatic rings. The van der Waals surface area contributed by atoms with Gasteiger partial charge < -0.3 is 10.4 Å². The number of rotatable bonds is 2. The lowest BCUT2D eigenvalue weighted by Crippen LogP contribution is -2.49. The lowest BCUT2D eigenvalue weighted by molar-refractivity contribution is 0.145. The first-order valence-electron chi connectivity index (χ1n) is 4.57. The van der Waals surface area contributed by atoms with E-state index >= 15 is 0 Å². The smallest absolute Gasteiger partial charge is 0.158 e. The second-order valence-corrected chi connectivity index (χ2v) is 6.46. The summed E-state index contributed by atoms with van der Waals surface area (Å²) in [5, 5.41) is 11.5. The maximum Gasteiger partial charge on any atom is 0.158 e. The van der Waals surface area contributed by atoms with E-state index in [1.165, 1.54) is 0 Å². The van der Waals surface area contributed by atoms with Gasteiger partial charge in [-0.25, -0.2) is 8.42 Å². The Morgan fingerprint density at radius 2 is 2.08 bits per heavy atom. The van der Waals surface area contributed by atoms with E-state index in [2.05, 4.69) is 5.32 Å². The van der Waals surface area contributed by atoms with Gasteiger partial charge in [-0.3, -0.25) is 0 Å². The van der Waals surface area contributed by atoms with Crippen molar-refractivity contribution in [3.8, 4) is 0 Å². The van der Waals surface area contributed by atoms with Crippen LogP contribution in [0.2, 0.25) is 0 Å². The Morgan fingerprint density at radius 1 is 1.46 bits per heavy atom. The van der Waals surface area contributed by atoms with Gasteiger partial charge in [0, 0.05) is 6.54 Å². The van der Waals surface area contributed by atoms with Crippen molar-refractivity contribution in [1.82, 2.24) is 5.32 Å². The number of β-amino-alcohol motifs (C(OH)–C–C–N with tert-alkyl or cyclic N) is 1.